The van der Waals surface area contributed by atoms with Crippen LogP contribution in [0.1, 0.15) is 68.4 Å². The van der Waals surface area contributed by atoms with Crippen LogP contribution < -0.4 is 4.90 Å². The number of likely N-dealkylation sites (N-methyl/N-ethyl adjacent to an activating group) is 1. The molecule has 232 valence electrons. The zero-order chi connectivity index (χ0) is 31.7. The van der Waals surface area contributed by atoms with Crippen LogP contribution in [0, 0.1) is 5.92 Å². The fourth-order valence-corrected chi connectivity index (χ4v) is 6.08. The first-order chi connectivity index (χ1) is 21.7. The smallest absolute Gasteiger partial charge is 0.266 e. The molecule has 1 fully saturated rings. The highest BCUT2D eigenvalue weighted by Crippen LogP contribution is 2.43. The van der Waals surface area contributed by atoms with E-state index in [9.17, 15) is 24.9 Å². The predicted molar refractivity (Wildman–Crippen MR) is 168 cm³/mol. The first kappa shape index (κ1) is 30.6. The quantitative estimate of drug-likeness (QED) is 0.224. The second-order valence-corrected chi connectivity index (χ2v) is 11.7. The lowest BCUT2D eigenvalue weighted by atomic mass is 9.90. The van der Waals surface area contributed by atoms with E-state index in [1.807, 2.05) is 42.3 Å². The number of aliphatic hydroxyl groups is 2. The van der Waals surface area contributed by atoms with Gasteiger partial charge in [-0.3, -0.25) is 9.59 Å². The number of carbonyl (C=O) groups excluding carboxylic acids is 2. The van der Waals surface area contributed by atoms with E-state index in [1.54, 1.807) is 66.7 Å². The minimum atomic E-state index is -0.814. The van der Waals surface area contributed by atoms with Crippen LogP contribution >= 0.6 is 0 Å². The average Bonchev–Trinajstić information content (AvgIpc) is 3.31. The highest BCUT2D eigenvalue weighted by Gasteiger charge is 2.40. The Labute approximate surface area is 261 Å². The number of anilines is 1. The number of aromatic hydroxyl groups is 1. The Morgan fingerprint density at radius 1 is 0.844 bits per heavy atom. The van der Waals surface area contributed by atoms with Crippen molar-refractivity contribution in [2.24, 2.45) is 5.92 Å². The Morgan fingerprint density at radius 2 is 1.53 bits per heavy atom. The molecule has 0 bridgehead atoms. The van der Waals surface area contributed by atoms with Crippen LogP contribution in [-0.4, -0.2) is 58.3 Å². The van der Waals surface area contributed by atoms with Crippen molar-refractivity contribution in [2.75, 3.05) is 25.0 Å². The van der Waals surface area contributed by atoms with E-state index in [0.717, 1.165) is 11.1 Å². The highest BCUT2D eigenvalue weighted by atomic mass is 16.7. The minimum Gasteiger partial charge on any atom is -0.508 e. The third-order valence-corrected chi connectivity index (χ3v) is 8.55. The molecule has 0 radical (unpaired) electrons. The van der Waals surface area contributed by atoms with Gasteiger partial charge >= 0.3 is 0 Å². The van der Waals surface area contributed by atoms with Crippen molar-refractivity contribution >= 4 is 17.5 Å². The summed E-state index contributed by atoms with van der Waals surface area (Å²) in [5.74, 6) is -0.755. The molecule has 4 aromatic rings. The molecule has 5 unspecified atom stereocenters. The summed E-state index contributed by atoms with van der Waals surface area (Å²) >= 11 is 0. The van der Waals surface area contributed by atoms with Crippen LogP contribution in [-0.2, 0) is 16.1 Å². The van der Waals surface area contributed by atoms with Crippen LogP contribution in [0.5, 0.6) is 5.75 Å². The van der Waals surface area contributed by atoms with Gasteiger partial charge in [0.05, 0.1) is 41.7 Å². The molecule has 3 N–H and O–H groups in total. The van der Waals surface area contributed by atoms with Gasteiger partial charge in [-0.25, -0.2) is 4.90 Å². The molecule has 0 spiro atoms. The van der Waals surface area contributed by atoms with Crippen LogP contribution in [0.15, 0.2) is 97.1 Å². The Balaban J connectivity index is 1.26. The summed E-state index contributed by atoms with van der Waals surface area (Å²) in [5, 5.41) is 30.3. The van der Waals surface area contributed by atoms with Gasteiger partial charge in [0.2, 0.25) is 0 Å². The Morgan fingerprint density at radius 3 is 2.20 bits per heavy atom. The van der Waals surface area contributed by atoms with Crippen molar-refractivity contribution in [3.63, 3.8) is 0 Å². The van der Waals surface area contributed by atoms with Gasteiger partial charge in [-0.2, -0.15) is 0 Å². The number of nitrogens with zero attached hydrogens (tertiary/aromatic N) is 2. The molecule has 6 rings (SSSR count). The summed E-state index contributed by atoms with van der Waals surface area (Å²) in [4.78, 5) is 29.6. The summed E-state index contributed by atoms with van der Waals surface area (Å²) in [7, 11) is 1.90. The van der Waals surface area contributed by atoms with Gasteiger partial charge in [0.15, 0.2) is 6.29 Å². The number of hydrogen-bond acceptors (Lipinski definition) is 8. The number of imide groups is 1. The first-order valence-electron chi connectivity index (χ1n) is 15.0. The van der Waals surface area contributed by atoms with Crippen LogP contribution in [0.3, 0.4) is 0 Å². The molecule has 2 amide bonds. The highest BCUT2D eigenvalue weighted by molar-refractivity contribution is 6.34. The number of phenolic OH excluding ortho intramolecular Hbond substituents is 1. The molecular formula is C36H36N2O7. The number of aliphatic hydroxyl groups excluding tert-OH is 2. The zero-order valence-corrected chi connectivity index (χ0v) is 25.1. The molecule has 2 heterocycles. The number of benzene rings is 4. The van der Waals surface area contributed by atoms with E-state index in [0.29, 0.717) is 41.0 Å². The predicted octanol–water partition coefficient (Wildman–Crippen LogP) is 5.14. The number of carbonyl (C=O) groups is 2. The zero-order valence-electron chi connectivity index (χ0n) is 25.1. The largest absolute Gasteiger partial charge is 0.508 e. The second kappa shape index (κ2) is 12.9. The Hall–Kier alpha value is -4.38. The molecule has 0 aliphatic carbocycles. The first-order valence-corrected chi connectivity index (χ1v) is 15.0. The minimum absolute atomic E-state index is 0.0629. The molecule has 45 heavy (non-hydrogen) atoms. The van der Waals surface area contributed by atoms with Crippen molar-refractivity contribution < 1.29 is 34.4 Å². The van der Waals surface area contributed by atoms with E-state index in [2.05, 4.69) is 6.92 Å². The normalized spacial score (nSPS) is 22.1. The number of rotatable bonds is 9. The van der Waals surface area contributed by atoms with E-state index in [-0.39, 0.29) is 42.3 Å². The maximum atomic E-state index is 13.2. The molecule has 1 saturated heterocycles. The van der Waals surface area contributed by atoms with Gasteiger partial charge in [0.1, 0.15) is 5.75 Å². The van der Waals surface area contributed by atoms with Crippen LogP contribution in [0.2, 0.25) is 0 Å². The molecular weight excluding hydrogens is 572 g/mol. The lowest BCUT2D eigenvalue weighted by molar-refractivity contribution is -0.276. The number of phenols is 1. The van der Waals surface area contributed by atoms with E-state index in [1.165, 1.54) is 4.90 Å². The summed E-state index contributed by atoms with van der Waals surface area (Å²) < 4.78 is 13.2. The summed E-state index contributed by atoms with van der Waals surface area (Å²) in [6.45, 7) is 2.78. The SMILES string of the molecule is CC1C(CN(C)CC(O)c2cccc(O)c2)OC(c2cccc(N3C(=O)c4ccccc4C3=O)c2)OC1c1ccc(CO)cc1. The Bertz CT molecular complexity index is 1660. The van der Waals surface area contributed by atoms with Crippen molar-refractivity contribution in [3.8, 4) is 5.75 Å². The van der Waals surface area contributed by atoms with E-state index < -0.39 is 12.4 Å². The number of ether oxygens (including phenoxy) is 2. The molecule has 9 nitrogen and oxygen atoms in total. The lowest BCUT2D eigenvalue weighted by Crippen LogP contribution is -2.44. The van der Waals surface area contributed by atoms with Crippen LogP contribution in [0.25, 0.3) is 0 Å². The van der Waals surface area contributed by atoms with Gasteiger partial charge in [0, 0.05) is 24.6 Å². The van der Waals surface area contributed by atoms with E-state index in [4.69, 9.17) is 9.47 Å². The van der Waals surface area contributed by atoms with Gasteiger partial charge in [0.25, 0.3) is 11.8 Å². The van der Waals surface area contributed by atoms with Gasteiger partial charge < -0.3 is 29.7 Å². The van der Waals surface area contributed by atoms with Gasteiger partial charge in [-0.1, -0.05) is 67.6 Å². The summed E-state index contributed by atoms with van der Waals surface area (Å²) in [6, 6.07) is 28.1. The number of amides is 2. The maximum Gasteiger partial charge on any atom is 0.266 e. The third-order valence-electron chi connectivity index (χ3n) is 8.55. The van der Waals surface area contributed by atoms with E-state index >= 15 is 0 Å². The van der Waals surface area contributed by atoms with Crippen molar-refractivity contribution in [1.29, 1.82) is 0 Å². The topological polar surface area (TPSA) is 120 Å². The fourth-order valence-electron chi connectivity index (χ4n) is 6.08. The lowest BCUT2D eigenvalue weighted by Gasteiger charge is -2.42. The number of hydrogen-bond donors (Lipinski definition) is 3. The summed E-state index contributed by atoms with van der Waals surface area (Å²) in [5.41, 5.74) is 4.16. The monoisotopic (exact) mass is 608 g/mol. The Kier molecular flexibility index (Phi) is 8.80. The molecule has 2 aliphatic rings. The average molecular weight is 609 g/mol. The van der Waals surface area contributed by atoms with Crippen molar-refractivity contribution in [2.45, 2.75) is 38.1 Å². The fraction of sp³-hybridized carbons (Fsp3) is 0.278. The second-order valence-electron chi connectivity index (χ2n) is 11.7. The summed E-state index contributed by atoms with van der Waals surface area (Å²) in [6.07, 6.45) is -2.32. The molecule has 9 heteroatoms. The van der Waals surface area contributed by atoms with Gasteiger partial charge in [-0.05, 0) is 60.1 Å². The molecule has 0 aromatic heterocycles. The van der Waals surface area contributed by atoms with Gasteiger partial charge in [-0.15, -0.1) is 0 Å². The molecule has 0 saturated carbocycles. The maximum absolute atomic E-state index is 13.2. The van der Waals surface area contributed by atoms with Crippen LogP contribution in [0.4, 0.5) is 5.69 Å². The molecule has 5 atom stereocenters. The molecule has 2 aliphatic heterocycles. The third kappa shape index (κ3) is 6.26. The number of fused-ring (bicyclic) bond motifs is 1. The van der Waals surface area contributed by atoms with Crippen molar-refractivity contribution in [3.05, 3.63) is 130 Å². The molecule has 4 aromatic carbocycles. The standard InChI is InChI=1S/C36H36N2O7/c1-22-32(20-37(2)19-31(41)25-7-6-10-28(40)18-25)44-36(45-33(22)24-15-13-23(21-39)14-16-24)26-8-5-9-27(17-26)38-34(42)29-11-3-4-12-30(29)35(38)43/h3-18,22,31-33,36,39-41H,19-21H2,1-2H3. The van der Waals surface area contributed by atoms with Crippen molar-refractivity contribution in [1.82, 2.24) is 4.90 Å².